The van der Waals surface area contributed by atoms with E-state index >= 15 is 0 Å². The summed E-state index contributed by atoms with van der Waals surface area (Å²) in [5.41, 5.74) is 3.19. The quantitative estimate of drug-likeness (QED) is 0.734. The molecule has 0 bridgehead atoms. The average Bonchev–Trinajstić information content (AvgIpc) is 2.64. The molecule has 0 spiro atoms. The molecular weight excluding hydrogens is 312 g/mol. The number of carbonyl (C=O) groups is 1. The Hall–Kier alpha value is -3.14. The number of pyridine rings is 1. The van der Waals surface area contributed by atoms with Crippen molar-refractivity contribution in [3.05, 3.63) is 88.2 Å². The summed E-state index contributed by atoms with van der Waals surface area (Å²) in [6.07, 6.45) is 2.09. The zero-order valence-electron chi connectivity index (χ0n) is 14.1. The van der Waals surface area contributed by atoms with Gasteiger partial charge in [-0.15, -0.1) is 0 Å². The number of amides is 1. The summed E-state index contributed by atoms with van der Waals surface area (Å²) in [5.74, 6) is -0.413. The monoisotopic (exact) mass is 332 g/mol. The standard InChI is InChI=1S/C21H20N2O2/c1-2-6-15-9-11-17(12-10-15)22-20(24)18-13-14-19(23-21(18)25)16-7-4-3-5-8-16/h3-5,7-14H,2,6H2,1H3,(H,22,24)(H,23,25). The van der Waals surface area contributed by atoms with Gasteiger partial charge in [-0.25, -0.2) is 0 Å². The Morgan fingerprint density at radius 1 is 0.960 bits per heavy atom. The molecule has 3 aromatic rings. The van der Waals surface area contributed by atoms with E-state index in [0.29, 0.717) is 11.4 Å². The summed E-state index contributed by atoms with van der Waals surface area (Å²) in [5, 5.41) is 2.77. The Balaban J connectivity index is 1.77. The SMILES string of the molecule is CCCc1ccc(NC(=O)c2ccc(-c3ccccc3)[nH]c2=O)cc1. The third-order valence-corrected chi connectivity index (χ3v) is 3.99. The second-order valence-corrected chi connectivity index (χ2v) is 5.88. The lowest BCUT2D eigenvalue weighted by molar-refractivity contribution is 0.102. The number of benzene rings is 2. The molecule has 0 fully saturated rings. The molecule has 1 heterocycles. The lowest BCUT2D eigenvalue weighted by Crippen LogP contribution is -2.23. The minimum Gasteiger partial charge on any atom is -0.322 e. The van der Waals surface area contributed by atoms with Crippen molar-refractivity contribution in [1.82, 2.24) is 4.98 Å². The van der Waals surface area contributed by atoms with Gasteiger partial charge in [0, 0.05) is 11.4 Å². The van der Waals surface area contributed by atoms with Crippen molar-refractivity contribution < 1.29 is 4.79 Å². The summed E-state index contributed by atoms with van der Waals surface area (Å²) in [6.45, 7) is 2.13. The minimum atomic E-state index is -0.413. The van der Waals surface area contributed by atoms with E-state index in [9.17, 15) is 9.59 Å². The van der Waals surface area contributed by atoms with E-state index in [-0.39, 0.29) is 5.56 Å². The van der Waals surface area contributed by atoms with Gasteiger partial charge >= 0.3 is 0 Å². The van der Waals surface area contributed by atoms with Crippen LogP contribution in [0.4, 0.5) is 5.69 Å². The highest BCUT2D eigenvalue weighted by molar-refractivity contribution is 6.04. The van der Waals surface area contributed by atoms with Gasteiger partial charge in [0.2, 0.25) is 0 Å². The Morgan fingerprint density at radius 3 is 2.32 bits per heavy atom. The summed E-state index contributed by atoms with van der Waals surface area (Å²) < 4.78 is 0. The average molecular weight is 332 g/mol. The Kier molecular flexibility index (Phi) is 5.09. The van der Waals surface area contributed by atoms with Crippen molar-refractivity contribution in [3.8, 4) is 11.3 Å². The zero-order chi connectivity index (χ0) is 17.6. The summed E-state index contributed by atoms with van der Waals surface area (Å²) >= 11 is 0. The van der Waals surface area contributed by atoms with Gasteiger partial charge in [0.05, 0.1) is 0 Å². The number of carbonyl (C=O) groups excluding carboxylic acids is 1. The van der Waals surface area contributed by atoms with Crippen LogP contribution in [0.25, 0.3) is 11.3 Å². The van der Waals surface area contributed by atoms with Crippen LogP contribution in [-0.2, 0) is 6.42 Å². The first-order chi connectivity index (χ1) is 12.2. The molecule has 0 saturated heterocycles. The van der Waals surface area contributed by atoms with Gasteiger partial charge in [-0.05, 0) is 41.8 Å². The lowest BCUT2D eigenvalue weighted by Gasteiger charge is -2.07. The van der Waals surface area contributed by atoms with Crippen molar-refractivity contribution in [1.29, 1.82) is 0 Å². The van der Waals surface area contributed by atoms with Crippen LogP contribution in [-0.4, -0.2) is 10.9 Å². The Labute approximate surface area is 146 Å². The normalized spacial score (nSPS) is 10.4. The van der Waals surface area contributed by atoms with Crippen LogP contribution in [0.1, 0.15) is 29.3 Å². The minimum absolute atomic E-state index is 0.0947. The smallest absolute Gasteiger partial charge is 0.261 e. The molecule has 0 aliphatic heterocycles. The predicted molar refractivity (Wildman–Crippen MR) is 101 cm³/mol. The van der Waals surface area contributed by atoms with Crippen LogP contribution >= 0.6 is 0 Å². The van der Waals surface area contributed by atoms with Crippen molar-refractivity contribution in [3.63, 3.8) is 0 Å². The first-order valence-corrected chi connectivity index (χ1v) is 8.36. The van der Waals surface area contributed by atoms with Gasteiger partial charge in [0.15, 0.2) is 0 Å². The molecule has 0 aliphatic carbocycles. The van der Waals surface area contributed by atoms with Crippen LogP contribution in [0, 0.1) is 0 Å². The first kappa shape index (κ1) is 16.7. The van der Waals surface area contributed by atoms with Gasteiger partial charge in [-0.3, -0.25) is 9.59 Å². The third-order valence-electron chi connectivity index (χ3n) is 3.99. The maximum atomic E-state index is 12.4. The number of aromatic amines is 1. The van der Waals surface area contributed by atoms with E-state index in [1.807, 2.05) is 54.6 Å². The fourth-order valence-corrected chi connectivity index (χ4v) is 2.68. The molecule has 2 N–H and O–H groups in total. The van der Waals surface area contributed by atoms with Gasteiger partial charge < -0.3 is 10.3 Å². The van der Waals surface area contributed by atoms with Crippen LogP contribution < -0.4 is 10.9 Å². The number of anilines is 1. The molecule has 2 aromatic carbocycles. The molecule has 0 unspecified atom stereocenters. The fraction of sp³-hybridized carbons (Fsp3) is 0.143. The van der Waals surface area contributed by atoms with Crippen molar-refractivity contribution in [2.24, 2.45) is 0 Å². The number of H-pyrrole nitrogens is 1. The van der Waals surface area contributed by atoms with Crippen molar-refractivity contribution >= 4 is 11.6 Å². The molecule has 3 rings (SSSR count). The Morgan fingerprint density at radius 2 is 1.68 bits per heavy atom. The van der Waals surface area contributed by atoms with Gasteiger partial charge in [0.1, 0.15) is 5.56 Å². The highest BCUT2D eigenvalue weighted by Gasteiger charge is 2.11. The molecule has 1 aromatic heterocycles. The number of hydrogen-bond acceptors (Lipinski definition) is 2. The van der Waals surface area contributed by atoms with Gasteiger partial charge in [-0.1, -0.05) is 55.8 Å². The molecule has 0 radical (unpaired) electrons. The van der Waals surface area contributed by atoms with Gasteiger partial charge in [-0.2, -0.15) is 0 Å². The van der Waals surface area contributed by atoms with Crippen LogP contribution in [0.2, 0.25) is 0 Å². The molecule has 4 heteroatoms. The number of aryl methyl sites for hydroxylation is 1. The zero-order valence-corrected chi connectivity index (χ0v) is 14.1. The molecule has 0 atom stereocenters. The molecule has 0 aliphatic rings. The molecule has 25 heavy (non-hydrogen) atoms. The van der Waals surface area contributed by atoms with Gasteiger partial charge in [0.25, 0.3) is 11.5 Å². The number of hydrogen-bond donors (Lipinski definition) is 2. The topological polar surface area (TPSA) is 62.0 Å². The number of nitrogens with one attached hydrogen (secondary N) is 2. The second-order valence-electron chi connectivity index (χ2n) is 5.88. The number of aromatic nitrogens is 1. The van der Waals surface area contributed by atoms with E-state index in [4.69, 9.17) is 0 Å². The molecule has 1 amide bonds. The number of rotatable bonds is 5. The van der Waals surface area contributed by atoms with Crippen molar-refractivity contribution in [2.75, 3.05) is 5.32 Å². The first-order valence-electron chi connectivity index (χ1n) is 8.36. The highest BCUT2D eigenvalue weighted by Crippen LogP contribution is 2.15. The van der Waals surface area contributed by atoms with Crippen LogP contribution in [0.3, 0.4) is 0 Å². The third kappa shape index (κ3) is 4.04. The van der Waals surface area contributed by atoms with E-state index in [0.717, 1.165) is 18.4 Å². The van der Waals surface area contributed by atoms with E-state index < -0.39 is 11.5 Å². The summed E-state index contributed by atoms with van der Waals surface area (Å²) in [7, 11) is 0. The van der Waals surface area contributed by atoms with Crippen molar-refractivity contribution in [2.45, 2.75) is 19.8 Å². The molecule has 0 saturated carbocycles. The summed E-state index contributed by atoms with van der Waals surface area (Å²) in [6, 6.07) is 20.5. The fourth-order valence-electron chi connectivity index (χ4n) is 2.68. The highest BCUT2D eigenvalue weighted by atomic mass is 16.2. The second kappa shape index (κ2) is 7.62. The largest absolute Gasteiger partial charge is 0.322 e. The maximum Gasteiger partial charge on any atom is 0.261 e. The molecule has 126 valence electrons. The lowest BCUT2D eigenvalue weighted by atomic mass is 10.1. The van der Waals surface area contributed by atoms with Crippen LogP contribution in [0.5, 0.6) is 0 Å². The van der Waals surface area contributed by atoms with E-state index in [1.54, 1.807) is 12.1 Å². The maximum absolute atomic E-state index is 12.4. The molecule has 4 nitrogen and oxygen atoms in total. The predicted octanol–water partition coefficient (Wildman–Crippen LogP) is 4.25. The summed E-state index contributed by atoms with van der Waals surface area (Å²) in [4.78, 5) is 27.4. The molecular formula is C21H20N2O2. The Bertz CT molecular complexity index is 913. The van der Waals surface area contributed by atoms with E-state index in [1.165, 1.54) is 5.56 Å². The van der Waals surface area contributed by atoms with Crippen LogP contribution in [0.15, 0.2) is 71.5 Å². The van der Waals surface area contributed by atoms with E-state index in [2.05, 4.69) is 17.2 Å².